The van der Waals surface area contributed by atoms with Crippen LogP contribution >= 0.6 is 27.5 Å². The van der Waals surface area contributed by atoms with E-state index in [0.29, 0.717) is 17.1 Å². The molecule has 0 aliphatic carbocycles. The second kappa shape index (κ2) is 8.39. The van der Waals surface area contributed by atoms with E-state index in [0.717, 1.165) is 26.9 Å². The number of carbonyl (C=O) groups excluding carboxylic acids is 1. The molecule has 0 aliphatic rings. The van der Waals surface area contributed by atoms with Gasteiger partial charge in [0.1, 0.15) is 5.82 Å². The summed E-state index contributed by atoms with van der Waals surface area (Å²) in [7, 11) is 0. The Hall–Kier alpha value is -2.63. The van der Waals surface area contributed by atoms with Crippen molar-refractivity contribution in [3.63, 3.8) is 0 Å². The number of aromatic nitrogens is 2. The summed E-state index contributed by atoms with van der Waals surface area (Å²) in [5, 5.41) is 3.77. The SMILES string of the molecule is CC(NC(=O)c1cccc(Br)c1)c1nc2ccccc2n1Cc1cccc(Cl)c1. The maximum absolute atomic E-state index is 12.7. The maximum Gasteiger partial charge on any atom is 0.251 e. The van der Waals surface area contributed by atoms with E-state index in [1.165, 1.54) is 0 Å². The van der Waals surface area contributed by atoms with Crippen molar-refractivity contribution in [2.24, 2.45) is 0 Å². The van der Waals surface area contributed by atoms with Crippen LogP contribution in [0.4, 0.5) is 0 Å². The second-order valence-corrected chi connectivity index (χ2v) is 8.23. The molecule has 1 unspecified atom stereocenters. The molecular formula is C23H19BrClN3O. The van der Waals surface area contributed by atoms with Gasteiger partial charge in [-0.1, -0.05) is 57.9 Å². The number of hydrogen-bond donors (Lipinski definition) is 1. The highest BCUT2D eigenvalue weighted by Gasteiger charge is 2.19. The van der Waals surface area contributed by atoms with Crippen molar-refractivity contribution in [3.05, 3.63) is 99.2 Å². The largest absolute Gasteiger partial charge is 0.342 e. The van der Waals surface area contributed by atoms with Crippen LogP contribution in [-0.2, 0) is 6.54 Å². The molecule has 146 valence electrons. The highest BCUT2D eigenvalue weighted by Crippen LogP contribution is 2.23. The number of amides is 1. The van der Waals surface area contributed by atoms with Gasteiger partial charge in [0.15, 0.2) is 0 Å². The smallest absolute Gasteiger partial charge is 0.251 e. The zero-order chi connectivity index (χ0) is 20.4. The number of rotatable bonds is 5. The van der Waals surface area contributed by atoms with Gasteiger partial charge in [0.25, 0.3) is 5.91 Å². The van der Waals surface area contributed by atoms with E-state index in [-0.39, 0.29) is 11.9 Å². The summed E-state index contributed by atoms with van der Waals surface area (Å²) in [6, 6.07) is 22.8. The van der Waals surface area contributed by atoms with Crippen LogP contribution in [0.2, 0.25) is 5.02 Å². The zero-order valence-corrected chi connectivity index (χ0v) is 18.1. The average molecular weight is 469 g/mol. The van der Waals surface area contributed by atoms with Crippen LogP contribution in [0, 0.1) is 0 Å². The molecule has 0 aliphatic heterocycles. The first-order valence-electron chi connectivity index (χ1n) is 9.27. The van der Waals surface area contributed by atoms with Gasteiger partial charge in [-0.15, -0.1) is 0 Å². The minimum Gasteiger partial charge on any atom is -0.342 e. The summed E-state index contributed by atoms with van der Waals surface area (Å²) in [5.41, 5.74) is 3.59. The third-order valence-corrected chi connectivity index (χ3v) is 5.46. The molecular weight excluding hydrogens is 450 g/mol. The lowest BCUT2D eigenvalue weighted by Crippen LogP contribution is -2.28. The lowest BCUT2D eigenvalue weighted by molar-refractivity contribution is 0.0937. The van der Waals surface area contributed by atoms with Crippen LogP contribution in [0.5, 0.6) is 0 Å². The lowest BCUT2D eigenvalue weighted by Gasteiger charge is -2.17. The Kier molecular flexibility index (Phi) is 5.69. The Morgan fingerprint density at radius 1 is 1.10 bits per heavy atom. The van der Waals surface area contributed by atoms with E-state index in [1.54, 1.807) is 12.1 Å². The molecule has 0 saturated carbocycles. The molecule has 0 saturated heterocycles. The predicted octanol–water partition coefficient (Wildman–Crippen LogP) is 5.99. The fourth-order valence-electron chi connectivity index (χ4n) is 3.38. The van der Waals surface area contributed by atoms with Gasteiger partial charge in [-0.05, 0) is 55.0 Å². The molecule has 1 amide bonds. The van der Waals surface area contributed by atoms with E-state index in [2.05, 4.69) is 25.8 Å². The maximum atomic E-state index is 12.7. The Morgan fingerprint density at radius 2 is 1.90 bits per heavy atom. The first-order chi connectivity index (χ1) is 14.0. The van der Waals surface area contributed by atoms with Gasteiger partial charge in [0, 0.05) is 21.6 Å². The molecule has 1 aromatic heterocycles. The molecule has 1 heterocycles. The van der Waals surface area contributed by atoms with E-state index < -0.39 is 0 Å². The Morgan fingerprint density at radius 3 is 2.69 bits per heavy atom. The third-order valence-electron chi connectivity index (χ3n) is 4.74. The quantitative estimate of drug-likeness (QED) is 0.391. The van der Waals surface area contributed by atoms with Crippen LogP contribution in [0.3, 0.4) is 0 Å². The average Bonchev–Trinajstić information content (AvgIpc) is 3.07. The number of nitrogens with zero attached hydrogens (tertiary/aromatic N) is 2. The summed E-state index contributed by atoms with van der Waals surface area (Å²) in [5.74, 6) is 0.662. The Labute approximate surface area is 182 Å². The number of benzene rings is 3. The molecule has 6 heteroatoms. The van der Waals surface area contributed by atoms with E-state index in [1.807, 2.05) is 67.6 Å². The van der Waals surface area contributed by atoms with Gasteiger partial charge in [0.2, 0.25) is 0 Å². The molecule has 1 atom stereocenters. The fraction of sp³-hybridized carbons (Fsp3) is 0.130. The Bertz CT molecular complexity index is 1190. The van der Waals surface area contributed by atoms with Crippen LogP contribution in [0.1, 0.15) is 34.7 Å². The topological polar surface area (TPSA) is 46.9 Å². The van der Waals surface area contributed by atoms with Crippen molar-refractivity contribution < 1.29 is 4.79 Å². The molecule has 29 heavy (non-hydrogen) atoms. The van der Waals surface area contributed by atoms with E-state index >= 15 is 0 Å². The minimum atomic E-state index is -0.270. The van der Waals surface area contributed by atoms with Gasteiger partial charge in [-0.2, -0.15) is 0 Å². The minimum absolute atomic E-state index is 0.139. The first-order valence-corrected chi connectivity index (χ1v) is 10.4. The summed E-state index contributed by atoms with van der Waals surface area (Å²) >= 11 is 9.58. The van der Waals surface area contributed by atoms with Gasteiger partial charge < -0.3 is 9.88 Å². The van der Waals surface area contributed by atoms with Gasteiger partial charge in [-0.25, -0.2) is 4.98 Å². The summed E-state index contributed by atoms with van der Waals surface area (Å²) in [4.78, 5) is 17.5. The molecule has 0 bridgehead atoms. The van der Waals surface area contributed by atoms with E-state index in [4.69, 9.17) is 16.6 Å². The van der Waals surface area contributed by atoms with Crippen molar-refractivity contribution >= 4 is 44.5 Å². The molecule has 1 N–H and O–H groups in total. The van der Waals surface area contributed by atoms with Gasteiger partial charge >= 0.3 is 0 Å². The van der Waals surface area contributed by atoms with Crippen LogP contribution < -0.4 is 5.32 Å². The number of hydrogen-bond acceptors (Lipinski definition) is 2. The van der Waals surface area contributed by atoms with Crippen LogP contribution in [0.25, 0.3) is 11.0 Å². The molecule has 4 aromatic rings. The summed E-state index contributed by atoms with van der Waals surface area (Å²) in [6.45, 7) is 2.57. The number of nitrogens with one attached hydrogen (secondary N) is 1. The van der Waals surface area contributed by atoms with Crippen molar-refractivity contribution in [1.82, 2.24) is 14.9 Å². The lowest BCUT2D eigenvalue weighted by atomic mass is 10.2. The standard InChI is InChI=1S/C23H19BrClN3O/c1-15(26-23(29)17-7-5-8-18(24)13-17)22-27-20-10-2-3-11-21(20)28(22)14-16-6-4-9-19(25)12-16/h2-13,15H,14H2,1H3,(H,26,29). The van der Waals surface area contributed by atoms with Crippen molar-refractivity contribution in [1.29, 1.82) is 0 Å². The van der Waals surface area contributed by atoms with Crippen LogP contribution in [-0.4, -0.2) is 15.5 Å². The second-order valence-electron chi connectivity index (χ2n) is 6.88. The molecule has 0 radical (unpaired) electrons. The molecule has 0 fully saturated rings. The number of fused-ring (bicyclic) bond motifs is 1. The summed E-state index contributed by atoms with van der Waals surface area (Å²) in [6.07, 6.45) is 0. The normalized spacial score (nSPS) is 12.1. The summed E-state index contributed by atoms with van der Waals surface area (Å²) < 4.78 is 3.00. The monoisotopic (exact) mass is 467 g/mol. The Balaban J connectivity index is 1.68. The van der Waals surface area contributed by atoms with Crippen molar-refractivity contribution in [3.8, 4) is 0 Å². The number of carbonyl (C=O) groups is 1. The third kappa shape index (κ3) is 4.36. The van der Waals surface area contributed by atoms with Crippen molar-refractivity contribution in [2.75, 3.05) is 0 Å². The molecule has 4 nitrogen and oxygen atoms in total. The first kappa shape index (κ1) is 19.7. The molecule has 0 spiro atoms. The fourth-order valence-corrected chi connectivity index (χ4v) is 4.00. The van der Waals surface area contributed by atoms with Crippen molar-refractivity contribution in [2.45, 2.75) is 19.5 Å². The van der Waals surface area contributed by atoms with E-state index in [9.17, 15) is 4.79 Å². The van der Waals surface area contributed by atoms with Gasteiger partial charge in [0.05, 0.1) is 17.1 Å². The molecule has 4 rings (SSSR count). The highest BCUT2D eigenvalue weighted by atomic mass is 79.9. The number of para-hydroxylation sites is 2. The number of imidazole rings is 1. The molecule has 3 aromatic carbocycles. The van der Waals surface area contributed by atoms with Crippen LogP contribution in [0.15, 0.2) is 77.3 Å². The highest BCUT2D eigenvalue weighted by molar-refractivity contribution is 9.10. The zero-order valence-electron chi connectivity index (χ0n) is 15.8. The number of halogens is 2. The predicted molar refractivity (Wildman–Crippen MR) is 120 cm³/mol. The van der Waals surface area contributed by atoms with Gasteiger partial charge in [-0.3, -0.25) is 4.79 Å².